The van der Waals surface area contributed by atoms with Gasteiger partial charge in [-0.15, -0.1) is 0 Å². The van der Waals surface area contributed by atoms with Crippen molar-refractivity contribution in [3.05, 3.63) is 91.3 Å². The van der Waals surface area contributed by atoms with E-state index in [0.717, 1.165) is 24.1 Å². The predicted octanol–water partition coefficient (Wildman–Crippen LogP) is 7.89. The summed E-state index contributed by atoms with van der Waals surface area (Å²) in [6.07, 6.45) is 1.60. The van der Waals surface area contributed by atoms with Crippen molar-refractivity contribution in [3.63, 3.8) is 0 Å². The van der Waals surface area contributed by atoms with E-state index < -0.39 is 10.0 Å². The van der Waals surface area contributed by atoms with Crippen molar-refractivity contribution in [2.75, 3.05) is 18.0 Å². The summed E-state index contributed by atoms with van der Waals surface area (Å²) in [5.74, 6) is 0.0684. The Bertz CT molecular complexity index is 1290. The van der Waals surface area contributed by atoms with Gasteiger partial charge in [-0.05, 0) is 78.9 Å². The third kappa shape index (κ3) is 5.96. The molecule has 1 aliphatic rings. The molecule has 34 heavy (non-hydrogen) atoms. The average Bonchev–Trinajstić information content (AvgIpc) is 2.78. The molecule has 3 aromatic carbocycles. The van der Waals surface area contributed by atoms with Crippen molar-refractivity contribution in [1.82, 2.24) is 4.72 Å². The summed E-state index contributed by atoms with van der Waals surface area (Å²) >= 11 is 30.8. The summed E-state index contributed by atoms with van der Waals surface area (Å²) in [5.41, 5.74) is 1.96. The number of piperidine rings is 1. The Labute approximate surface area is 224 Å². The minimum Gasteiger partial charge on any atom is -0.364 e. The summed E-state index contributed by atoms with van der Waals surface area (Å²) in [5, 5.41) is 2.29. The highest BCUT2D eigenvalue weighted by molar-refractivity contribution is 7.89. The largest absolute Gasteiger partial charge is 0.364 e. The lowest BCUT2D eigenvalue weighted by Gasteiger charge is -2.42. The molecule has 1 saturated heterocycles. The Morgan fingerprint density at radius 2 is 1.41 bits per heavy atom. The standard InChI is InChI=1S/C24H21Cl5N2O2S/c25-16-2-6-19(7-3-16)31-14-15(1-9-23(31)20-8-4-17(26)11-21(20)28)13-30-34(32,33)24-10-5-18(27)12-22(24)29/h2-8,10-12,15,23,30H,1,9,13-14H2. The highest BCUT2D eigenvalue weighted by Crippen LogP contribution is 2.40. The third-order valence-electron chi connectivity index (χ3n) is 5.90. The summed E-state index contributed by atoms with van der Waals surface area (Å²) in [6, 6.07) is 17.5. The van der Waals surface area contributed by atoms with Gasteiger partial charge in [-0.25, -0.2) is 13.1 Å². The fraction of sp³-hybridized carbons (Fsp3) is 0.250. The van der Waals surface area contributed by atoms with Gasteiger partial charge < -0.3 is 4.90 Å². The number of rotatable bonds is 6. The van der Waals surface area contributed by atoms with Crippen molar-refractivity contribution in [3.8, 4) is 0 Å². The van der Waals surface area contributed by atoms with E-state index in [1.165, 1.54) is 18.2 Å². The second-order valence-electron chi connectivity index (χ2n) is 8.18. The van der Waals surface area contributed by atoms with Crippen LogP contribution in [0.4, 0.5) is 5.69 Å². The van der Waals surface area contributed by atoms with E-state index in [9.17, 15) is 8.42 Å². The molecule has 2 atom stereocenters. The Morgan fingerprint density at radius 1 is 0.794 bits per heavy atom. The van der Waals surface area contributed by atoms with Gasteiger partial charge >= 0.3 is 0 Å². The molecular weight excluding hydrogens is 558 g/mol. The Morgan fingerprint density at radius 3 is 2.06 bits per heavy atom. The number of benzene rings is 3. The molecule has 180 valence electrons. The number of hydrogen-bond donors (Lipinski definition) is 1. The molecule has 0 radical (unpaired) electrons. The topological polar surface area (TPSA) is 49.4 Å². The summed E-state index contributed by atoms with van der Waals surface area (Å²) < 4.78 is 28.4. The maximum atomic E-state index is 12.9. The number of halogens is 5. The first-order valence-electron chi connectivity index (χ1n) is 10.6. The molecule has 1 N–H and O–H groups in total. The van der Waals surface area contributed by atoms with Crippen LogP contribution in [0.2, 0.25) is 25.1 Å². The maximum absolute atomic E-state index is 12.9. The van der Waals surface area contributed by atoms with Crippen LogP contribution in [0.1, 0.15) is 24.4 Å². The first-order valence-corrected chi connectivity index (χ1v) is 13.9. The predicted molar refractivity (Wildman–Crippen MR) is 142 cm³/mol. The van der Waals surface area contributed by atoms with E-state index in [2.05, 4.69) is 9.62 Å². The Kier molecular flexibility index (Phi) is 8.25. The third-order valence-corrected chi connectivity index (χ3v) is 8.86. The molecule has 4 nitrogen and oxygen atoms in total. The highest BCUT2D eigenvalue weighted by atomic mass is 35.5. The molecular formula is C24H21Cl5N2O2S. The molecule has 1 aliphatic heterocycles. The minimum atomic E-state index is -3.78. The van der Waals surface area contributed by atoms with Gasteiger partial charge in [0.1, 0.15) is 4.90 Å². The van der Waals surface area contributed by atoms with E-state index in [4.69, 9.17) is 58.0 Å². The van der Waals surface area contributed by atoms with Gasteiger partial charge in [-0.1, -0.05) is 64.1 Å². The van der Waals surface area contributed by atoms with Crippen LogP contribution < -0.4 is 9.62 Å². The van der Waals surface area contributed by atoms with Crippen LogP contribution in [0, 0.1) is 5.92 Å². The lowest BCUT2D eigenvalue weighted by Crippen LogP contribution is -2.42. The Balaban J connectivity index is 1.55. The van der Waals surface area contributed by atoms with Crippen molar-refractivity contribution in [1.29, 1.82) is 0 Å². The van der Waals surface area contributed by atoms with Crippen LogP contribution in [-0.2, 0) is 10.0 Å². The quantitative estimate of drug-likeness (QED) is 0.324. The molecule has 0 saturated carbocycles. The van der Waals surface area contributed by atoms with E-state index in [1.54, 1.807) is 6.07 Å². The SMILES string of the molecule is O=S(=O)(NCC1CCC(c2ccc(Cl)cc2Cl)N(c2ccc(Cl)cc2)C1)c1ccc(Cl)cc1Cl. The maximum Gasteiger partial charge on any atom is 0.242 e. The van der Waals surface area contributed by atoms with Crippen LogP contribution in [-0.4, -0.2) is 21.5 Å². The van der Waals surface area contributed by atoms with Gasteiger partial charge in [-0.2, -0.15) is 0 Å². The fourth-order valence-corrected chi connectivity index (χ4v) is 6.77. The van der Waals surface area contributed by atoms with Gasteiger partial charge in [0.25, 0.3) is 0 Å². The lowest BCUT2D eigenvalue weighted by atomic mass is 9.88. The molecule has 0 aliphatic carbocycles. The van der Waals surface area contributed by atoms with Crippen molar-refractivity contribution >= 4 is 73.7 Å². The van der Waals surface area contributed by atoms with Crippen molar-refractivity contribution in [2.24, 2.45) is 5.92 Å². The average molecular weight is 579 g/mol. The monoisotopic (exact) mass is 576 g/mol. The number of nitrogens with one attached hydrogen (secondary N) is 1. The molecule has 1 heterocycles. The number of sulfonamides is 1. The zero-order valence-electron chi connectivity index (χ0n) is 17.8. The zero-order chi connectivity index (χ0) is 24.5. The summed E-state index contributed by atoms with van der Waals surface area (Å²) in [4.78, 5) is 2.25. The van der Waals surface area contributed by atoms with Crippen LogP contribution in [0.25, 0.3) is 0 Å². The Hall–Kier alpha value is -1.18. The zero-order valence-corrected chi connectivity index (χ0v) is 22.4. The van der Waals surface area contributed by atoms with Crippen LogP contribution in [0.15, 0.2) is 65.6 Å². The first-order chi connectivity index (χ1) is 16.1. The molecule has 0 amide bonds. The number of nitrogens with zero attached hydrogens (tertiary/aromatic N) is 1. The van der Waals surface area contributed by atoms with E-state index >= 15 is 0 Å². The van der Waals surface area contributed by atoms with Crippen molar-refractivity contribution in [2.45, 2.75) is 23.8 Å². The molecule has 1 fully saturated rings. The normalized spacial score (nSPS) is 18.8. The molecule has 0 bridgehead atoms. The molecule has 4 rings (SSSR count). The first kappa shape index (κ1) is 25.9. The second kappa shape index (κ2) is 10.8. The van der Waals surface area contributed by atoms with Crippen LogP contribution >= 0.6 is 58.0 Å². The molecule has 0 aromatic heterocycles. The van der Waals surface area contributed by atoms with Gasteiger partial charge in [-0.3, -0.25) is 0 Å². The van der Waals surface area contributed by atoms with Gasteiger partial charge in [0.2, 0.25) is 10.0 Å². The lowest BCUT2D eigenvalue weighted by molar-refractivity contribution is 0.358. The van der Waals surface area contributed by atoms with E-state index in [-0.39, 0.29) is 28.4 Å². The van der Waals surface area contributed by atoms with E-state index in [1.807, 2.05) is 36.4 Å². The minimum absolute atomic E-state index is 0.00903. The molecule has 3 aromatic rings. The summed E-state index contributed by atoms with van der Waals surface area (Å²) in [6.45, 7) is 0.897. The summed E-state index contributed by atoms with van der Waals surface area (Å²) in [7, 11) is -3.78. The van der Waals surface area contributed by atoms with E-state index in [0.29, 0.717) is 26.6 Å². The van der Waals surface area contributed by atoms with Crippen molar-refractivity contribution < 1.29 is 8.42 Å². The molecule has 10 heteroatoms. The van der Waals surface area contributed by atoms with Gasteiger partial charge in [0, 0.05) is 38.9 Å². The highest BCUT2D eigenvalue weighted by Gasteiger charge is 2.32. The number of anilines is 1. The number of hydrogen-bond acceptors (Lipinski definition) is 3. The van der Waals surface area contributed by atoms with Gasteiger partial charge in [0.15, 0.2) is 0 Å². The fourth-order valence-electron chi connectivity index (χ4n) is 4.22. The van der Waals surface area contributed by atoms with Crippen LogP contribution in [0.5, 0.6) is 0 Å². The molecule has 0 spiro atoms. The van der Waals surface area contributed by atoms with Crippen LogP contribution in [0.3, 0.4) is 0 Å². The molecule has 2 unspecified atom stereocenters. The smallest absolute Gasteiger partial charge is 0.242 e. The van der Waals surface area contributed by atoms with Gasteiger partial charge in [0.05, 0.1) is 11.1 Å². The second-order valence-corrected chi connectivity index (χ2v) is 12.0.